The summed E-state index contributed by atoms with van der Waals surface area (Å²) in [5, 5.41) is 20.9. The molecular formula is C11H14N4O3S. The molecule has 0 aliphatic heterocycles. The zero-order chi connectivity index (χ0) is 13.8. The summed E-state index contributed by atoms with van der Waals surface area (Å²) < 4.78 is 7.25. The van der Waals surface area contributed by atoms with Crippen LogP contribution in [0.25, 0.3) is 11.6 Å². The van der Waals surface area contributed by atoms with E-state index in [1.165, 1.54) is 0 Å². The highest BCUT2D eigenvalue weighted by Gasteiger charge is 2.15. The van der Waals surface area contributed by atoms with Crippen LogP contribution in [0.15, 0.2) is 15.7 Å². The van der Waals surface area contributed by atoms with Crippen molar-refractivity contribution in [1.29, 1.82) is 0 Å². The number of hydrogen-bond donors (Lipinski definition) is 1. The molecular weight excluding hydrogens is 268 g/mol. The molecule has 0 saturated heterocycles. The van der Waals surface area contributed by atoms with E-state index in [0.29, 0.717) is 5.89 Å². The Bertz CT molecular complexity index is 578. The second kappa shape index (κ2) is 5.87. The van der Waals surface area contributed by atoms with Crippen LogP contribution in [-0.2, 0) is 11.3 Å². The van der Waals surface area contributed by atoms with Gasteiger partial charge in [-0.1, -0.05) is 18.7 Å². The van der Waals surface area contributed by atoms with Crippen LogP contribution in [0.2, 0.25) is 0 Å². The lowest BCUT2D eigenvalue weighted by molar-refractivity contribution is -0.133. The Kier molecular flexibility index (Phi) is 4.20. The second-order valence-electron chi connectivity index (χ2n) is 3.95. The number of carboxylic acid groups (broad SMARTS) is 1. The summed E-state index contributed by atoms with van der Waals surface area (Å²) >= 11 is 1.00. The molecule has 8 heteroatoms. The number of aliphatic carboxylic acids is 1. The van der Waals surface area contributed by atoms with Crippen molar-refractivity contribution in [2.24, 2.45) is 0 Å². The molecule has 2 heterocycles. The van der Waals surface area contributed by atoms with Crippen LogP contribution >= 0.6 is 11.8 Å². The van der Waals surface area contributed by atoms with Crippen molar-refractivity contribution >= 4 is 17.7 Å². The van der Waals surface area contributed by atoms with Gasteiger partial charge in [0.15, 0.2) is 0 Å². The van der Waals surface area contributed by atoms with Crippen LogP contribution in [0.4, 0.5) is 0 Å². The molecule has 1 N–H and O–H groups in total. The summed E-state index contributed by atoms with van der Waals surface area (Å²) in [7, 11) is 0. The third kappa shape index (κ3) is 3.34. The topological polar surface area (TPSA) is 94.0 Å². The van der Waals surface area contributed by atoms with Crippen LogP contribution in [0, 0.1) is 6.92 Å². The van der Waals surface area contributed by atoms with Gasteiger partial charge in [0, 0.05) is 6.54 Å². The number of nitrogens with zero attached hydrogens (tertiary/aromatic N) is 4. The van der Waals surface area contributed by atoms with Crippen LogP contribution in [-0.4, -0.2) is 36.8 Å². The van der Waals surface area contributed by atoms with Gasteiger partial charge in [-0.25, -0.2) is 0 Å². The molecule has 0 spiro atoms. The van der Waals surface area contributed by atoms with E-state index < -0.39 is 5.97 Å². The van der Waals surface area contributed by atoms with E-state index in [4.69, 9.17) is 9.52 Å². The summed E-state index contributed by atoms with van der Waals surface area (Å²) in [6.45, 7) is 4.72. The van der Waals surface area contributed by atoms with Crippen molar-refractivity contribution in [3.8, 4) is 11.6 Å². The molecule has 0 atom stereocenters. The molecule has 0 aromatic carbocycles. The highest BCUT2D eigenvalue weighted by molar-refractivity contribution is 7.99. The molecule has 0 aliphatic carbocycles. The molecule has 0 aliphatic rings. The van der Waals surface area contributed by atoms with Crippen molar-refractivity contribution in [2.45, 2.75) is 32.0 Å². The van der Waals surface area contributed by atoms with Crippen molar-refractivity contribution in [3.05, 3.63) is 11.8 Å². The minimum absolute atomic E-state index is 0.102. The third-order valence-electron chi connectivity index (χ3n) is 2.28. The van der Waals surface area contributed by atoms with Gasteiger partial charge in [-0.05, 0) is 19.4 Å². The fourth-order valence-corrected chi connectivity index (χ4v) is 2.08. The molecule has 0 bridgehead atoms. The van der Waals surface area contributed by atoms with Gasteiger partial charge in [0.05, 0.1) is 5.69 Å². The van der Waals surface area contributed by atoms with E-state index in [2.05, 4.69) is 22.2 Å². The Balaban J connectivity index is 2.19. The fourth-order valence-electron chi connectivity index (χ4n) is 1.59. The monoisotopic (exact) mass is 282 g/mol. The minimum Gasteiger partial charge on any atom is -0.481 e. The van der Waals surface area contributed by atoms with E-state index in [1.807, 2.05) is 17.7 Å². The van der Waals surface area contributed by atoms with Crippen LogP contribution in [0.5, 0.6) is 0 Å². The fraction of sp³-hybridized carbons (Fsp3) is 0.455. The largest absolute Gasteiger partial charge is 0.481 e. The highest BCUT2D eigenvalue weighted by atomic mass is 32.2. The quantitative estimate of drug-likeness (QED) is 0.807. The maximum absolute atomic E-state index is 10.5. The minimum atomic E-state index is -0.920. The first-order chi connectivity index (χ1) is 9.10. The Morgan fingerprint density at radius 2 is 2.32 bits per heavy atom. The van der Waals surface area contributed by atoms with Gasteiger partial charge in [0.25, 0.3) is 11.1 Å². The smallest absolute Gasteiger partial charge is 0.314 e. The van der Waals surface area contributed by atoms with Crippen molar-refractivity contribution in [1.82, 2.24) is 20.0 Å². The molecule has 0 fully saturated rings. The third-order valence-corrected chi connectivity index (χ3v) is 3.09. The predicted octanol–water partition coefficient (Wildman–Crippen LogP) is 1.83. The van der Waals surface area contributed by atoms with E-state index in [0.717, 1.165) is 36.1 Å². The number of aryl methyl sites for hydroxylation is 2. The van der Waals surface area contributed by atoms with Crippen LogP contribution in [0.1, 0.15) is 19.0 Å². The van der Waals surface area contributed by atoms with Gasteiger partial charge >= 0.3 is 5.97 Å². The zero-order valence-corrected chi connectivity index (χ0v) is 11.5. The average Bonchev–Trinajstić information content (AvgIpc) is 2.94. The Morgan fingerprint density at radius 3 is 3.00 bits per heavy atom. The summed E-state index contributed by atoms with van der Waals surface area (Å²) in [5.74, 6) is -0.659. The predicted molar refractivity (Wildman–Crippen MR) is 68.9 cm³/mol. The van der Waals surface area contributed by atoms with Crippen molar-refractivity contribution < 1.29 is 14.3 Å². The van der Waals surface area contributed by atoms with E-state index >= 15 is 0 Å². The Morgan fingerprint density at radius 1 is 1.53 bits per heavy atom. The lowest BCUT2D eigenvalue weighted by Gasteiger charge is -2.01. The van der Waals surface area contributed by atoms with Crippen molar-refractivity contribution in [2.75, 3.05) is 5.75 Å². The van der Waals surface area contributed by atoms with Crippen LogP contribution in [0.3, 0.4) is 0 Å². The summed E-state index contributed by atoms with van der Waals surface area (Å²) in [4.78, 5) is 10.5. The molecule has 2 rings (SSSR count). The van der Waals surface area contributed by atoms with Gasteiger partial charge in [-0.2, -0.15) is 5.10 Å². The maximum atomic E-state index is 10.5. The number of hydrogen-bond acceptors (Lipinski definition) is 6. The molecule has 0 radical (unpaired) electrons. The molecule has 7 nitrogen and oxygen atoms in total. The number of thioether (sulfide) groups is 1. The van der Waals surface area contributed by atoms with Gasteiger partial charge in [0.1, 0.15) is 11.4 Å². The van der Waals surface area contributed by atoms with E-state index in [9.17, 15) is 4.79 Å². The molecule has 2 aromatic heterocycles. The number of rotatable bonds is 6. The first-order valence-electron chi connectivity index (χ1n) is 5.83. The number of carbonyl (C=O) groups is 1. The van der Waals surface area contributed by atoms with Crippen LogP contribution < -0.4 is 0 Å². The first-order valence-corrected chi connectivity index (χ1v) is 6.81. The number of aromatic nitrogens is 4. The van der Waals surface area contributed by atoms with Gasteiger partial charge < -0.3 is 9.52 Å². The average molecular weight is 282 g/mol. The Labute approximate surface area is 114 Å². The highest BCUT2D eigenvalue weighted by Crippen LogP contribution is 2.23. The molecule has 2 aromatic rings. The lowest BCUT2D eigenvalue weighted by Crippen LogP contribution is -2.01. The lowest BCUT2D eigenvalue weighted by atomic mass is 10.3. The standard InChI is InChI=1S/C11H14N4O3S/c1-3-4-15-8(5-7(2)14-15)10-12-13-11(18-10)19-6-9(16)17/h5H,3-4,6H2,1-2H3,(H,16,17). The molecule has 0 unspecified atom stereocenters. The normalized spacial score (nSPS) is 10.8. The van der Waals surface area contributed by atoms with E-state index in [1.54, 1.807) is 0 Å². The maximum Gasteiger partial charge on any atom is 0.314 e. The summed E-state index contributed by atoms with van der Waals surface area (Å²) in [6.07, 6.45) is 0.947. The zero-order valence-electron chi connectivity index (χ0n) is 10.7. The van der Waals surface area contributed by atoms with Crippen molar-refractivity contribution in [3.63, 3.8) is 0 Å². The molecule has 0 amide bonds. The summed E-state index contributed by atoms with van der Waals surface area (Å²) in [6, 6.07) is 1.87. The molecule has 19 heavy (non-hydrogen) atoms. The number of carboxylic acids is 1. The van der Waals surface area contributed by atoms with Gasteiger partial charge in [0.2, 0.25) is 0 Å². The first kappa shape index (κ1) is 13.6. The van der Waals surface area contributed by atoms with E-state index in [-0.39, 0.29) is 11.0 Å². The van der Waals surface area contributed by atoms with Gasteiger partial charge in [-0.15, -0.1) is 10.2 Å². The summed E-state index contributed by atoms with van der Waals surface area (Å²) in [5.41, 5.74) is 1.63. The second-order valence-corrected chi connectivity index (χ2v) is 4.88. The van der Waals surface area contributed by atoms with Gasteiger partial charge in [-0.3, -0.25) is 9.48 Å². The molecule has 102 valence electrons. The SMILES string of the molecule is CCCn1nc(C)cc1-c1nnc(SCC(=O)O)o1. The molecule has 0 saturated carbocycles. The Hall–Kier alpha value is -1.83.